The zero-order valence-electron chi connectivity index (χ0n) is 19.7. The van der Waals surface area contributed by atoms with Crippen LogP contribution in [0.25, 0.3) is 10.2 Å². The van der Waals surface area contributed by atoms with Crippen LogP contribution in [0.1, 0.15) is 50.6 Å². The Balaban J connectivity index is 1.48. The van der Waals surface area contributed by atoms with Crippen molar-refractivity contribution in [3.63, 3.8) is 0 Å². The second-order valence-corrected chi connectivity index (χ2v) is 10.8. The highest BCUT2D eigenvalue weighted by Gasteiger charge is 2.38. The first-order valence-electron chi connectivity index (χ1n) is 11.8. The Kier molecular flexibility index (Phi) is 7.13. The van der Waals surface area contributed by atoms with Crippen molar-refractivity contribution in [2.45, 2.75) is 57.9 Å². The summed E-state index contributed by atoms with van der Waals surface area (Å²) in [6.45, 7) is 7.57. The summed E-state index contributed by atoms with van der Waals surface area (Å²) in [6, 6.07) is 18.2. The van der Waals surface area contributed by atoms with E-state index in [9.17, 15) is 9.59 Å². The molecule has 1 fully saturated rings. The summed E-state index contributed by atoms with van der Waals surface area (Å²) in [5.74, 6) is 0.615. The van der Waals surface area contributed by atoms with Crippen molar-refractivity contribution in [2.24, 2.45) is 5.92 Å². The monoisotopic (exact) mass is 463 g/mol. The number of likely N-dealkylation sites (tertiary alicyclic amines) is 1. The van der Waals surface area contributed by atoms with Crippen LogP contribution in [0.5, 0.6) is 0 Å². The SMILES string of the molecule is CC(C)CC(=O)N1CCC(NC(=O)C(C)(Cc2nc3ccccc3s2)c2ccccc2)CC1. The van der Waals surface area contributed by atoms with Crippen molar-refractivity contribution in [1.82, 2.24) is 15.2 Å². The lowest BCUT2D eigenvalue weighted by Crippen LogP contribution is -2.52. The van der Waals surface area contributed by atoms with E-state index in [-0.39, 0.29) is 17.9 Å². The van der Waals surface area contributed by atoms with E-state index in [0.29, 0.717) is 31.8 Å². The third kappa shape index (κ3) is 5.44. The predicted octanol–water partition coefficient (Wildman–Crippen LogP) is 4.95. The number of nitrogens with zero attached hydrogens (tertiary/aromatic N) is 2. The first kappa shape index (κ1) is 23.4. The molecule has 1 unspecified atom stereocenters. The van der Waals surface area contributed by atoms with Crippen LogP contribution < -0.4 is 5.32 Å². The summed E-state index contributed by atoms with van der Waals surface area (Å²) in [6.07, 6.45) is 2.72. The number of fused-ring (bicyclic) bond motifs is 1. The summed E-state index contributed by atoms with van der Waals surface area (Å²) in [7, 11) is 0. The molecule has 5 nitrogen and oxygen atoms in total. The van der Waals surface area contributed by atoms with Crippen LogP contribution in [0.2, 0.25) is 0 Å². The summed E-state index contributed by atoms with van der Waals surface area (Å²) >= 11 is 1.66. The summed E-state index contributed by atoms with van der Waals surface area (Å²) in [5, 5.41) is 4.28. The lowest BCUT2D eigenvalue weighted by Gasteiger charge is -2.35. The van der Waals surface area contributed by atoms with E-state index in [1.807, 2.05) is 60.4 Å². The minimum absolute atomic E-state index is 0.0277. The van der Waals surface area contributed by atoms with E-state index >= 15 is 0 Å². The van der Waals surface area contributed by atoms with Gasteiger partial charge in [0, 0.05) is 32.0 Å². The maximum Gasteiger partial charge on any atom is 0.231 e. The van der Waals surface area contributed by atoms with Crippen molar-refractivity contribution < 1.29 is 9.59 Å². The third-order valence-corrected chi connectivity index (χ3v) is 7.56. The minimum atomic E-state index is -0.722. The number of amides is 2. The van der Waals surface area contributed by atoms with Crippen molar-refractivity contribution in [3.05, 3.63) is 65.2 Å². The van der Waals surface area contributed by atoms with Crippen LogP contribution in [-0.4, -0.2) is 40.8 Å². The van der Waals surface area contributed by atoms with Crippen molar-refractivity contribution >= 4 is 33.4 Å². The van der Waals surface area contributed by atoms with E-state index in [4.69, 9.17) is 4.98 Å². The topological polar surface area (TPSA) is 62.3 Å². The molecule has 1 N–H and O–H groups in total. The molecule has 2 amide bonds. The highest BCUT2D eigenvalue weighted by molar-refractivity contribution is 7.18. The van der Waals surface area contributed by atoms with Gasteiger partial charge in [0.2, 0.25) is 11.8 Å². The van der Waals surface area contributed by atoms with Crippen molar-refractivity contribution in [2.75, 3.05) is 13.1 Å². The number of carbonyl (C=O) groups is 2. The van der Waals surface area contributed by atoms with Gasteiger partial charge in [-0.05, 0) is 43.4 Å². The van der Waals surface area contributed by atoms with Gasteiger partial charge in [0.1, 0.15) is 0 Å². The zero-order chi connectivity index (χ0) is 23.4. The Hall–Kier alpha value is -2.73. The van der Waals surface area contributed by atoms with Crippen LogP contribution in [0.15, 0.2) is 54.6 Å². The van der Waals surface area contributed by atoms with Gasteiger partial charge in [0.25, 0.3) is 0 Å². The molecule has 4 rings (SSSR count). The number of para-hydroxylation sites is 1. The molecule has 3 aromatic rings. The Labute approximate surface area is 200 Å². The molecule has 0 radical (unpaired) electrons. The lowest BCUT2D eigenvalue weighted by molar-refractivity contribution is -0.133. The Morgan fingerprint density at radius 2 is 1.76 bits per heavy atom. The molecule has 33 heavy (non-hydrogen) atoms. The van der Waals surface area contributed by atoms with Gasteiger partial charge in [0.05, 0.1) is 20.6 Å². The molecular weight excluding hydrogens is 430 g/mol. The summed E-state index contributed by atoms with van der Waals surface area (Å²) in [5.41, 5.74) is 1.25. The fraction of sp³-hybridized carbons (Fsp3) is 0.444. The Morgan fingerprint density at radius 1 is 1.09 bits per heavy atom. The number of rotatable bonds is 7. The average Bonchev–Trinajstić information content (AvgIpc) is 3.21. The number of aromatic nitrogens is 1. The van der Waals surface area contributed by atoms with E-state index in [0.717, 1.165) is 33.6 Å². The molecule has 6 heteroatoms. The van der Waals surface area contributed by atoms with Crippen molar-refractivity contribution in [1.29, 1.82) is 0 Å². The lowest BCUT2D eigenvalue weighted by atomic mass is 9.78. The van der Waals surface area contributed by atoms with Crippen LogP contribution in [-0.2, 0) is 21.4 Å². The van der Waals surface area contributed by atoms with Crippen LogP contribution >= 0.6 is 11.3 Å². The van der Waals surface area contributed by atoms with E-state index in [2.05, 4.69) is 25.2 Å². The first-order valence-corrected chi connectivity index (χ1v) is 12.7. The van der Waals surface area contributed by atoms with E-state index in [1.165, 1.54) is 0 Å². The Morgan fingerprint density at radius 3 is 2.42 bits per heavy atom. The number of piperidine rings is 1. The van der Waals surface area contributed by atoms with Crippen LogP contribution in [0.3, 0.4) is 0 Å². The molecule has 0 saturated carbocycles. The average molecular weight is 464 g/mol. The standard InChI is InChI=1S/C27H33N3O2S/c1-19(2)17-25(31)30-15-13-21(14-16-30)28-26(32)27(3,20-9-5-4-6-10-20)18-24-29-22-11-7-8-12-23(22)33-24/h4-12,19,21H,13-18H2,1-3H3,(H,28,32). The molecule has 2 heterocycles. The van der Waals surface area contributed by atoms with Gasteiger partial charge in [-0.25, -0.2) is 4.98 Å². The molecule has 1 aromatic heterocycles. The minimum Gasteiger partial charge on any atom is -0.352 e. The van der Waals surface area contributed by atoms with Crippen molar-refractivity contribution in [3.8, 4) is 0 Å². The normalized spacial score (nSPS) is 16.7. The van der Waals surface area contributed by atoms with Gasteiger partial charge >= 0.3 is 0 Å². The second-order valence-electron chi connectivity index (χ2n) is 9.68. The number of thiazole rings is 1. The fourth-order valence-corrected chi connectivity index (χ4v) is 5.64. The molecule has 0 bridgehead atoms. The fourth-order valence-electron chi connectivity index (χ4n) is 4.51. The zero-order valence-corrected chi connectivity index (χ0v) is 20.5. The quantitative estimate of drug-likeness (QED) is 0.539. The molecule has 1 saturated heterocycles. The van der Waals surface area contributed by atoms with Gasteiger partial charge in [-0.2, -0.15) is 0 Å². The second kappa shape index (κ2) is 10.0. The summed E-state index contributed by atoms with van der Waals surface area (Å²) < 4.78 is 1.14. The number of hydrogen-bond donors (Lipinski definition) is 1. The molecule has 1 aliphatic rings. The van der Waals surface area contributed by atoms with Crippen LogP contribution in [0.4, 0.5) is 0 Å². The van der Waals surface area contributed by atoms with E-state index in [1.54, 1.807) is 11.3 Å². The van der Waals surface area contributed by atoms with Gasteiger partial charge < -0.3 is 10.2 Å². The third-order valence-electron chi connectivity index (χ3n) is 6.52. The van der Waals surface area contributed by atoms with Gasteiger partial charge in [-0.15, -0.1) is 11.3 Å². The molecule has 1 aliphatic heterocycles. The molecular formula is C27H33N3O2S. The highest BCUT2D eigenvalue weighted by atomic mass is 32.1. The number of hydrogen-bond acceptors (Lipinski definition) is 4. The largest absolute Gasteiger partial charge is 0.352 e. The van der Waals surface area contributed by atoms with Gasteiger partial charge in [0.15, 0.2) is 0 Å². The maximum absolute atomic E-state index is 13.7. The molecule has 2 aromatic carbocycles. The predicted molar refractivity (Wildman–Crippen MR) is 134 cm³/mol. The van der Waals surface area contributed by atoms with Gasteiger partial charge in [-0.1, -0.05) is 56.3 Å². The molecule has 0 spiro atoms. The molecule has 1 atom stereocenters. The molecule has 0 aliphatic carbocycles. The maximum atomic E-state index is 13.7. The smallest absolute Gasteiger partial charge is 0.231 e. The number of carbonyl (C=O) groups excluding carboxylic acids is 2. The Bertz CT molecular complexity index is 1070. The summed E-state index contributed by atoms with van der Waals surface area (Å²) in [4.78, 5) is 32.8. The van der Waals surface area contributed by atoms with Gasteiger partial charge in [-0.3, -0.25) is 9.59 Å². The number of benzene rings is 2. The van der Waals surface area contributed by atoms with Crippen LogP contribution in [0, 0.1) is 5.92 Å². The first-order chi connectivity index (χ1) is 15.8. The number of nitrogens with one attached hydrogen (secondary N) is 1. The van der Waals surface area contributed by atoms with E-state index < -0.39 is 5.41 Å². The highest BCUT2D eigenvalue weighted by Crippen LogP contribution is 2.32. The molecule has 174 valence electrons.